The average Bonchev–Trinajstić information content (AvgIpc) is 2.96. The Morgan fingerprint density at radius 2 is 2.20 bits per heavy atom. The molecule has 2 aliphatic rings. The molecule has 2 heterocycles. The van der Waals surface area contributed by atoms with E-state index in [1.807, 2.05) is 6.92 Å². The van der Waals surface area contributed by atoms with E-state index in [4.69, 9.17) is 4.74 Å². The lowest BCUT2D eigenvalue weighted by Gasteiger charge is -2.28. The van der Waals surface area contributed by atoms with Gasteiger partial charge in [-0.05, 0) is 45.4 Å². The van der Waals surface area contributed by atoms with E-state index < -0.39 is 0 Å². The molecule has 1 aliphatic heterocycles. The Labute approximate surface area is 119 Å². The van der Waals surface area contributed by atoms with Gasteiger partial charge in [-0.2, -0.15) is 0 Å². The van der Waals surface area contributed by atoms with Crippen LogP contribution in [-0.4, -0.2) is 35.1 Å². The largest absolute Gasteiger partial charge is 0.464 e. The third-order valence-electron chi connectivity index (χ3n) is 4.19. The van der Waals surface area contributed by atoms with Gasteiger partial charge in [0.05, 0.1) is 6.61 Å². The Kier molecular flexibility index (Phi) is 3.85. The van der Waals surface area contributed by atoms with Crippen LogP contribution in [0.5, 0.6) is 0 Å². The predicted octanol–water partition coefficient (Wildman–Crippen LogP) is 1.89. The molecule has 1 aromatic rings. The molecule has 1 atom stereocenters. The van der Waals surface area contributed by atoms with Crippen molar-refractivity contribution in [3.63, 3.8) is 0 Å². The van der Waals surface area contributed by atoms with E-state index in [2.05, 4.69) is 14.9 Å². The Bertz CT molecular complexity index is 504. The molecule has 3 rings (SSSR count). The molecule has 1 aromatic heterocycles. The lowest BCUT2D eigenvalue weighted by Crippen LogP contribution is -2.38. The van der Waals surface area contributed by atoms with E-state index in [1.165, 1.54) is 18.4 Å². The SMILES string of the molecule is CCOC(=O)C1CCCN1c1ncnc2c1CCCC2. The molecule has 1 aliphatic carbocycles. The Hall–Kier alpha value is -1.65. The highest BCUT2D eigenvalue weighted by Crippen LogP contribution is 2.32. The van der Waals surface area contributed by atoms with Crippen LogP contribution in [0.15, 0.2) is 6.33 Å². The Morgan fingerprint density at radius 3 is 3.05 bits per heavy atom. The third-order valence-corrected chi connectivity index (χ3v) is 4.19. The summed E-state index contributed by atoms with van der Waals surface area (Å²) >= 11 is 0. The molecule has 1 saturated heterocycles. The minimum absolute atomic E-state index is 0.117. The molecule has 20 heavy (non-hydrogen) atoms. The van der Waals surface area contributed by atoms with Gasteiger partial charge in [-0.15, -0.1) is 0 Å². The third kappa shape index (κ3) is 2.37. The van der Waals surface area contributed by atoms with Crippen molar-refractivity contribution >= 4 is 11.8 Å². The number of carbonyl (C=O) groups excluding carboxylic acids is 1. The molecule has 1 fully saturated rings. The van der Waals surface area contributed by atoms with Crippen LogP contribution in [0.4, 0.5) is 5.82 Å². The number of hydrogen-bond acceptors (Lipinski definition) is 5. The van der Waals surface area contributed by atoms with Crippen LogP contribution in [-0.2, 0) is 22.4 Å². The summed E-state index contributed by atoms with van der Waals surface area (Å²) in [6, 6.07) is -0.170. The van der Waals surface area contributed by atoms with Crippen molar-refractivity contribution in [2.24, 2.45) is 0 Å². The summed E-state index contributed by atoms with van der Waals surface area (Å²) in [6.07, 6.45) is 7.95. The first kappa shape index (κ1) is 13.3. The highest BCUT2D eigenvalue weighted by Gasteiger charge is 2.34. The van der Waals surface area contributed by atoms with Crippen molar-refractivity contribution in [1.29, 1.82) is 0 Å². The number of nitrogens with zero attached hydrogens (tertiary/aromatic N) is 3. The van der Waals surface area contributed by atoms with Gasteiger partial charge in [0.1, 0.15) is 18.2 Å². The number of esters is 1. The van der Waals surface area contributed by atoms with Gasteiger partial charge in [0, 0.05) is 17.8 Å². The molecule has 0 spiro atoms. The molecule has 5 nitrogen and oxygen atoms in total. The monoisotopic (exact) mass is 275 g/mol. The van der Waals surface area contributed by atoms with E-state index >= 15 is 0 Å². The van der Waals surface area contributed by atoms with Crippen LogP contribution >= 0.6 is 0 Å². The number of aromatic nitrogens is 2. The van der Waals surface area contributed by atoms with E-state index in [1.54, 1.807) is 6.33 Å². The van der Waals surface area contributed by atoms with Crippen LogP contribution in [0, 0.1) is 0 Å². The maximum Gasteiger partial charge on any atom is 0.328 e. The van der Waals surface area contributed by atoms with Crippen LogP contribution in [0.3, 0.4) is 0 Å². The summed E-state index contributed by atoms with van der Waals surface area (Å²) in [6.45, 7) is 3.17. The maximum absolute atomic E-state index is 12.1. The van der Waals surface area contributed by atoms with Gasteiger partial charge in [0.2, 0.25) is 0 Å². The molecular formula is C15H21N3O2. The van der Waals surface area contributed by atoms with Gasteiger partial charge in [0.15, 0.2) is 0 Å². The second kappa shape index (κ2) is 5.77. The number of carbonyl (C=O) groups is 1. The van der Waals surface area contributed by atoms with Crippen molar-refractivity contribution in [2.75, 3.05) is 18.1 Å². The molecule has 108 valence electrons. The topological polar surface area (TPSA) is 55.3 Å². The first-order valence-electron chi connectivity index (χ1n) is 7.57. The average molecular weight is 275 g/mol. The lowest BCUT2D eigenvalue weighted by atomic mass is 9.96. The van der Waals surface area contributed by atoms with Crippen LogP contribution in [0.25, 0.3) is 0 Å². The zero-order valence-corrected chi connectivity index (χ0v) is 12.0. The lowest BCUT2D eigenvalue weighted by molar-refractivity contribution is -0.144. The molecule has 0 bridgehead atoms. The second-order valence-electron chi connectivity index (χ2n) is 5.43. The number of fused-ring (bicyclic) bond motifs is 1. The molecule has 0 amide bonds. The summed E-state index contributed by atoms with van der Waals surface area (Å²) < 4.78 is 5.20. The zero-order chi connectivity index (χ0) is 13.9. The molecule has 1 unspecified atom stereocenters. The van der Waals surface area contributed by atoms with Gasteiger partial charge in [-0.1, -0.05) is 0 Å². The Balaban J connectivity index is 1.90. The minimum Gasteiger partial charge on any atom is -0.464 e. The van der Waals surface area contributed by atoms with Crippen LogP contribution in [0.1, 0.15) is 43.9 Å². The summed E-state index contributed by atoms with van der Waals surface area (Å²) in [4.78, 5) is 23.1. The standard InChI is InChI=1S/C15H21N3O2/c1-2-20-15(19)13-8-5-9-18(13)14-11-6-3-4-7-12(11)16-10-17-14/h10,13H,2-9H2,1H3. The zero-order valence-electron chi connectivity index (χ0n) is 12.0. The summed E-state index contributed by atoms with van der Waals surface area (Å²) in [5.41, 5.74) is 2.41. The number of anilines is 1. The highest BCUT2D eigenvalue weighted by atomic mass is 16.5. The fourth-order valence-corrected chi connectivity index (χ4v) is 3.26. The molecule has 0 saturated carbocycles. The van der Waals surface area contributed by atoms with Crippen LogP contribution < -0.4 is 4.90 Å². The number of ether oxygens (including phenoxy) is 1. The van der Waals surface area contributed by atoms with Gasteiger partial charge in [-0.3, -0.25) is 0 Å². The van der Waals surface area contributed by atoms with Gasteiger partial charge in [0.25, 0.3) is 0 Å². The van der Waals surface area contributed by atoms with Gasteiger partial charge < -0.3 is 9.64 Å². The van der Waals surface area contributed by atoms with Gasteiger partial charge in [-0.25, -0.2) is 14.8 Å². The number of aryl methyl sites for hydroxylation is 1. The fourth-order valence-electron chi connectivity index (χ4n) is 3.26. The maximum atomic E-state index is 12.1. The normalized spacial score (nSPS) is 21.6. The number of rotatable bonds is 3. The van der Waals surface area contributed by atoms with Crippen molar-refractivity contribution in [1.82, 2.24) is 9.97 Å². The first-order valence-corrected chi connectivity index (χ1v) is 7.57. The fraction of sp³-hybridized carbons (Fsp3) is 0.667. The molecular weight excluding hydrogens is 254 g/mol. The minimum atomic E-state index is -0.170. The highest BCUT2D eigenvalue weighted by molar-refractivity contribution is 5.80. The van der Waals surface area contributed by atoms with Crippen molar-refractivity contribution in [3.8, 4) is 0 Å². The summed E-state index contributed by atoms with van der Waals surface area (Å²) in [5.74, 6) is 0.846. The predicted molar refractivity (Wildman–Crippen MR) is 75.7 cm³/mol. The molecule has 0 N–H and O–H groups in total. The smallest absolute Gasteiger partial charge is 0.328 e. The van der Waals surface area contributed by atoms with Crippen molar-refractivity contribution in [2.45, 2.75) is 51.5 Å². The van der Waals surface area contributed by atoms with E-state index in [9.17, 15) is 4.79 Å². The molecule has 0 aromatic carbocycles. The van der Waals surface area contributed by atoms with Crippen molar-refractivity contribution in [3.05, 3.63) is 17.6 Å². The van der Waals surface area contributed by atoms with E-state index in [-0.39, 0.29) is 12.0 Å². The quantitative estimate of drug-likeness (QED) is 0.788. The molecule has 0 radical (unpaired) electrons. The second-order valence-corrected chi connectivity index (χ2v) is 5.43. The van der Waals surface area contributed by atoms with Gasteiger partial charge >= 0.3 is 5.97 Å². The number of hydrogen-bond donors (Lipinski definition) is 0. The Morgan fingerprint density at radius 1 is 1.35 bits per heavy atom. The summed E-state index contributed by atoms with van der Waals surface area (Å²) in [5, 5.41) is 0. The van der Waals surface area contributed by atoms with E-state index in [0.29, 0.717) is 6.61 Å². The first-order chi connectivity index (χ1) is 9.81. The van der Waals surface area contributed by atoms with E-state index in [0.717, 1.165) is 43.7 Å². The van der Waals surface area contributed by atoms with Crippen molar-refractivity contribution < 1.29 is 9.53 Å². The van der Waals surface area contributed by atoms with Crippen LogP contribution in [0.2, 0.25) is 0 Å². The molecule has 5 heteroatoms. The summed E-state index contributed by atoms with van der Waals surface area (Å²) in [7, 11) is 0.